The van der Waals surface area contributed by atoms with Crippen molar-refractivity contribution in [3.8, 4) is 11.3 Å². The third kappa shape index (κ3) is 4.34. The molecule has 0 saturated carbocycles. The quantitative estimate of drug-likeness (QED) is 0.584. The molecule has 1 aromatic heterocycles. The van der Waals surface area contributed by atoms with E-state index in [1.165, 1.54) is 4.57 Å². The van der Waals surface area contributed by atoms with Gasteiger partial charge in [0.25, 0.3) is 5.56 Å². The summed E-state index contributed by atoms with van der Waals surface area (Å²) >= 11 is 0. The first-order valence-electron chi connectivity index (χ1n) is 10.4. The molecule has 32 heavy (non-hydrogen) atoms. The van der Waals surface area contributed by atoms with E-state index in [-0.39, 0.29) is 22.9 Å². The number of hydrogen-bond donors (Lipinski definition) is 2. The molecule has 0 unspecified atom stereocenters. The van der Waals surface area contributed by atoms with Gasteiger partial charge in [0.2, 0.25) is 0 Å². The van der Waals surface area contributed by atoms with Crippen LogP contribution >= 0.6 is 0 Å². The third-order valence-electron chi connectivity index (χ3n) is 5.93. The molecule has 0 atom stereocenters. The zero-order chi connectivity index (χ0) is 23.0. The molecule has 9 heteroatoms. The van der Waals surface area contributed by atoms with E-state index in [2.05, 4.69) is 10.3 Å². The molecule has 2 aromatic carbocycles. The number of sulfone groups is 1. The summed E-state index contributed by atoms with van der Waals surface area (Å²) in [7, 11) is -1.27. The summed E-state index contributed by atoms with van der Waals surface area (Å²) in [5.74, 6) is 0.455. The van der Waals surface area contributed by atoms with Gasteiger partial charge in [-0.15, -0.1) is 0 Å². The largest absolute Gasteiger partial charge is 0.397 e. The molecule has 1 fully saturated rings. The van der Waals surface area contributed by atoms with Crippen molar-refractivity contribution in [1.82, 2.24) is 9.55 Å². The van der Waals surface area contributed by atoms with Crippen molar-refractivity contribution < 1.29 is 8.42 Å². The monoisotopic (exact) mass is 453 g/mol. The maximum absolute atomic E-state index is 12.7. The Hall–Kier alpha value is -3.33. The maximum atomic E-state index is 12.7. The lowest BCUT2D eigenvalue weighted by atomic mass is 10.0. The summed E-state index contributed by atoms with van der Waals surface area (Å²) < 4.78 is 24.9. The van der Waals surface area contributed by atoms with Crippen LogP contribution in [0.15, 0.2) is 47.4 Å². The Balaban J connectivity index is 1.63. The lowest BCUT2D eigenvalue weighted by Crippen LogP contribution is -2.40. The average molecular weight is 454 g/mol. The lowest BCUT2D eigenvalue weighted by Gasteiger charge is -2.30. The van der Waals surface area contributed by atoms with Gasteiger partial charge in [-0.25, -0.2) is 13.4 Å². The Bertz CT molecular complexity index is 1330. The molecule has 168 valence electrons. The molecule has 0 radical (unpaired) electrons. The molecule has 3 aromatic rings. The molecule has 1 saturated heterocycles. The highest BCUT2D eigenvalue weighted by atomic mass is 32.2. The molecular weight excluding hydrogens is 426 g/mol. The van der Waals surface area contributed by atoms with E-state index in [1.807, 2.05) is 49.1 Å². The van der Waals surface area contributed by atoms with E-state index in [9.17, 15) is 13.2 Å². The van der Waals surface area contributed by atoms with Gasteiger partial charge in [0.1, 0.15) is 0 Å². The molecular formula is C23H27N5O3S. The molecule has 0 aliphatic carbocycles. The first kappa shape index (κ1) is 21.9. The van der Waals surface area contributed by atoms with E-state index in [0.717, 1.165) is 22.4 Å². The molecule has 0 bridgehead atoms. The fourth-order valence-corrected chi connectivity index (χ4v) is 5.06. The highest BCUT2D eigenvalue weighted by Gasteiger charge is 2.23. The number of nitrogens with two attached hydrogens (primary N) is 1. The fraction of sp³-hybridized carbons (Fsp3) is 0.304. The van der Waals surface area contributed by atoms with Crippen LogP contribution in [0.4, 0.5) is 22.9 Å². The first-order valence-corrected chi connectivity index (χ1v) is 12.2. The van der Waals surface area contributed by atoms with Crippen LogP contribution in [0.2, 0.25) is 0 Å². The van der Waals surface area contributed by atoms with E-state index >= 15 is 0 Å². The van der Waals surface area contributed by atoms with Crippen molar-refractivity contribution >= 4 is 32.7 Å². The van der Waals surface area contributed by atoms with E-state index in [1.54, 1.807) is 19.3 Å². The minimum absolute atomic E-state index is 0.123. The highest BCUT2D eigenvalue weighted by Crippen LogP contribution is 2.29. The lowest BCUT2D eigenvalue weighted by molar-refractivity contribution is 0.587. The number of aryl methyl sites for hydroxylation is 2. The molecule has 0 spiro atoms. The van der Waals surface area contributed by atoms with E-state index < -0.39 is 9.84 Å². The molecule has 0 amide bonds. The van der Waals surface area contributed by atoms with Crippen LogP contribution in [0.1, 0.15) is 11.1 Å². The van der Waals surface area contributed by atoms with E-state index in [0.29, 0.717) is 30.2 Å². The average Bonchev–Trinajstić information content (AvgIpc) is 2.74. The summed E-state index contributed by atoms with van der Waals surface area (Å²) in [4.78, 5) is 19.3. The van der Waals surface area contributed by atoms with Crippen molar-refractivity contribution in [2.24, 2.45) is 7.05 Å². The standard InChI is InChI=1S/C23H27N5O3S/c1-15-5-4-6-18(16(15)2)20-14-27(3)23(29)22(26-20)25-17-7-8-21(19(24)13-17)28-9-11-32(30,31)12-10-28/h4-8,13-14H,9-12,24H2,1-3H3,(H,25,26). The van der Waals surface area contributed by atoms with Crippen molar-refractivity contribution in [1.29, 1.82) is 0 Å². The summed E-state index contributed by atoms with van der Waals surface area (Å²) in [6, 6.07) is 11.4. The van der Waals surface area contributed by atoms with Gasteiger partial charge in [-0.2, -0.15) is 0 Å². The van der Waals surface area contributed by atoms with Gasteiger partial charge < -0.3 is 20.5 Å². The minimum atomic E-state index is -2.97. The Morgan fingerprint density at radius 2 is 1.81 bits per heavy atom. The number of anilines is 4. The smallest absolute Gasteiger partial charge is 0.293 e. The summed E-state index contributed by atoms with van der Waals surface area (Å²) in [5.41, 5.74) is 11.9. The van der Waals surface area contributed by atoms with Crippen LogP contribution in [0.5, 0.6) is 0 Å². The van der Waals surface area contributed by atoms with Crippen LogP contribution in [0.25, 0.3) is 11.3 Å². The normalized spacial score (nSPS) is 15.5. The second-order valence-electron chi connectivity index (χ2n) is 8.18. The summed E-state index contributed by atoms with van der Waals surface area (Å²) in [6.45, 7) is 4.91. The van der Waals surface area contributed by atoms with Gasteiger partial charge in [0, 0.05) is 37.6 Å². The Kier molecular flexibility index (Phi) is 5.68. The number of benzene rings is 2. The zero-order valence-corrected chi connectivity index (χ0v) is 19.2. The molecule has 1 aliphatic rings. The van der Waals surface area contributed by atoms with Gasteiger partial charge in [-0.05, 0) is 43.2 Å². The zero-order valence-electron chi connectivity index (χ0n) is 18.4. The highest BCUT2D eigenvalue weighted by molar-refractivity contribution is 7.91. The SMILES string of the molecule is Cc1cccc(-c2cn(C)c(=O)c(Nc3ccc(N4CCS(=O)(=O)CC4)c(N)c3)n2)c1C. The van der Waals surface area contributed by atoms with Gasteiger partial charge in [-0.3, -0.25) is 4.79 Å². The van der Waals surface area contributed by atoms with Crippen LogP contribution in [-0.2, 0) is 16.9 Å². The van der Waals surface area contributed by atoms with Crippen LogP contribution in [0, 0.1) is 13.8 Å². The topological polar surface area (TPSA) is 110 Å². The van der Waals surface area contributed by atoms with Gasteiger partial charge in [0.05, 0.1) is 28.6 Å². The fourth-order valence-electron chi connectivity index (χ4n) is 3.86. The van der Waals surface area contributed by atoms with Crippen LogP contribution in [0.3, 0.4) is 0 Å². The van der Waals surface area contributed by atoms with Crippen LogP contribution < -0.4 is 21.5 Å². The second kappa shape index (κ2) is 8.31. The number of aromatic nitrogens is 2. The Morgan fingerprint density at radius 3 is 2.50 bits per heavy atom. The third-order valence-corrected chi connectivity index (χ3v) is 7.54. The maximum Gasteiger partial charge on any atom is 0.293 e. The summed E-state index contributed by atoms with van der Waals surface area (Å²) in [5, 5.41) is 3.10. The Labute approximate surface area is 187 Å². The molecule has 1 aliphatic heterocycles. The van der Waals surface area contributed by atoms with Gasteiger partial charge in [0.15, 0.2) is 15.7 Å². The number of rotatable bonds is 4. The molecule has 2 heterocycles. The van der Waals surface area contributed by atoms with Crippen molar-refractivity contribution in [3.63, 3.8) is 0 Å². The molecule has 8 nitrogen and oxygen atoms in total. The predicted molar refractivity (Wildman–Crippen MR) is 129 cm³/mol. The molecule has 3 N–H and O–H groups in total. The number of hydrogen-bond acceptors (Lipinski definition) is 7. The van der Waals surface area contributed by atoms with Gasteiger partial charge >= 0.3 is 0 Å². The number of nitrogens with zero attached hydrogens (tertiary/aromatic N) is 3. The first-order chi connectivity index (χ1) is 15.1. The summed E-state index contributed by atoms with van der Waals surface area (Å²) in [6.07, 6.45) is 1.73. The van der Waals surface area contributed by atoms with Crippen molar-refractivity contribution in [2.75, 3.05) is 40.5 Å². The predicted octanol–water partition coefficient (Wildman–Crippen LogP) is 2.62. The molecule has 4 rings (SSSR count). The minimum Gasteiger partial charge on any atom is -0.397 e. The van der Waals surface area contributed by atoms with Gasteiger partial charge in [-0.1, -0.05) is 18.2 Å². The number of nitrogens with one attached hydrogen (secondary N) is 1. The van der Waals surface area contributed by atoms with Crippen molar-refractivity contribution in [2.45, 2.75) is 13.8 Å². The van der Waals surface area contributed by atoms with Crippen LogP contribution in [-0.4, -0.2) is 42.6 Å². The van der Waals surface area contributed by atoms with E-state index in [4.69, 9.17) is 5.73 Å². The van der Waals surface area contributed by atoms with Crippen molar-refractivity contribution in [3.05, 3.63) is 64.1 Å². The number of nitrogen functional groups attached to an aromatic ring is 1. The Morgan fingerprint density at radius 1 is 1.09 bits per heavy atom. The second-order valence-corrected chi connectivity index (χ2v) is 10.5.